The lowest BCUT2D eigenvalue weighted by Gasteiger charge is -2.04. The fourth-order valence-corrected chi connectivity index (χ4v) is 2.62. The van der Waals surface area contributed by atoms with Gasteiger partial charge in [0.15, 0.2) is 16.8 Å². The fraction of sp³-hybridized carbons (Fsp3) is 0.0667. The van der Waals surface area contributed by atoms with Crippen LogP contribution in [0, 0.1) is 0 Å². The van der Waals surface area contributed by atoms with Crippen LogP contribution in [0.3, 0.4) is 0 Å². The van der Waals surface area contributed by atoms with E-state index >= 15 is 0 Å². The highest BCUT2D eigenvalue weighted by Crippen LogP contribution is 2.25. The summed E-state index contributed by atoms with van der Waals surface area (Å²) in [6.07, 6.45) is 2.75. The minimum atomic E-state index is -1.15. The zero-order valence-corrected chi connectivity index (χ0v) is 13.3. The number of halogens is 1. The van der Waals surface area contributed by atoms with Gasteiger partial charge >= 0.3 is 5.97 Å². The zero-order valence-electron chi connectivity index (χ0n) is 12.5. The molecule has 25 heavy (non-hydrogen) atoms. The topological polar surface area (TPSA) is 115 Å². The molecule has 3 aromatic heterocycles. The van der Waals surface area contributed by atoms with Crippen LogP contribution in [0.5, 0.6) is 0 Å². The summed E-state index contributed by atoms with van der Waals surface area (Å²) in [5.74, 6) is -1.15. The minimum absolute atomic E-state index is 0.0537. The SMILES string of the molecule is O=C(O)Cn1cnc2c(nnc3c(-c4ccc(Cl)cc4)cnn32)c1=O. The third kappa shape index (κ3) is 2.50. The number of hydrogen-bond acceptors (Lipinski definition) is 6. The largest absolute Gasteiger partial charge is 0.480 e. The molecule has 10 heteroatoms. The molecule has 0 bridgehead atoms. The maximum absolute atomic E-state index is 12.3. The van der Waals surface area contributed by atoms with E-state index in [9.17, 15) is 9.59 Å². The Kier molecular flexibility index (Phi) is 3.43. The standard InChI is InChI=1S/C15H9ClN6O3/c16-9-3-1-8(2-4-9)10-5-18-22-13(10)20-19-12-14(22)17-7-21(15(12)25)6-11(23)24/h1-5,7H,6H2,(H,23,24). The smallest absolute Gasteiger partial charge is 0.323 e. The Balaban J connectivity index is 1.94. The molecule has 0 atom stereocenters. The van der Waals surface area contributed by atoms with Crippen molar-refractivity contribution in [1.29, 1.82) is 0 Å². The van der Waals surface area contributed by atoms with Crippen molar-refractivity contribution >= 4 is 34.4 Å². The number of fused-ring (bicyclic) bond motifs is 3. The lowest BCUT2D eigenvalue weighted by molar-refractivity contribution is -0.137. The van der Waals surface area contributed by atoms with Gasteiger partial charge in [-0.2, -0.15) is 9.61 Å². The first kappa shape index (κ1) is 15.2. The molecule has 0 unspecified atom stereocenters. The van der Waals surface area contributed by atoms with Crippen molar-refractivity contribution in [3.63, 3.8) is 0 Å². The fourth-order valence-electron chi connectivity index (χ4n) is 2.49. The number of rotatable bonds is 3. The Morgan fingerprint density at radius 3 is 2.64 bits per heavy atom. The van der Waals surface area contributed by atoms with E-state index in [1.807, 2.05) is 12.1 Å². The number of carboxylic acids is 1. The Morgan fingerprint density at radius 2 is 1.92 bits per heavy atom. The van der Waals surface area contributed by atoms with Crippen molar-refractivity contribution in [2.75, 3.05) is 0 Å². The van der Waals surface area contributed by atoms with Crippen LogP contribution < -0.4 is 5.56 Å². The summed E-state index contributed by atoms with van der Waals surface area (Å²) >= 11 is 5.90. The normalized spacial score (nSPS) is 11.2. The molecule has 0 aliphatic heterocycles. The Morgan fingerprint density at radius 1 is 1.16 bits per heavy atom. The molecular weight excluding hydrogens is 348 g/mol. The molecule has 0 saturated carbocycles. The molecule has 0 amide bonds. The van der Waals surface area contributed by atoms with E-state index in [1.165, 1.54) is 4.52 Å². The summed E-state index contributed by atoms with van der Waals surface area (Å²) in [7, 11) is 0. The van der Waals surface area contributed by atoms with Gasteiger partial charge in [0.1, 0.15) is 12.9 Å². The van der Waals surface area contributed by atoms with Gasteiger partial charge in [-0.3, -0.25) is 14.2 Å². The van der Waals surface area contributed by atoms with Crippen LogP contribution in [0.4, 0.5) is 0 Å². The molecule has 4 aromatic rings. The van der Waals surface area contributed by atoms with E-state index in [0.717, 1.165) is 16.5 Å². The average Bonchev–Trinajstić information content (AvgIpc) is 3.02. The highest BCUT2D eigenvalue weighted by molar-refractivity contribution is 6.30. The summed E-state index contributed by atoms with van der Waals surface area (Å²) in [6.45, 7) is -0.503. The Labute approximate surface area is 144 Å². The van der Waals surface area contributed by atoms with Crippen molar-refractivity contribution in [3.8, 4) is 11.1 Å². The van der Waals surface area contributed by atoms with Crippen LogP contribution in [0.15, 0.2) is 41.6 Å². The summed E-state index contributed by atoms with van der Waals surface area (Å²) < 4.78 is 2.35. The third-order valence-corrected chi connectivity index (χ3v) is 3.90. The summed E-state index contributed by atoms with van der Waals surface area (Å²) in [5, 5.41) is 21.7. The van der Waals surface area contributed by atoms with Crippen molar-refractivity contribution in [2.45, 2.75) is 6.54 Å². The van der Waals surface area contributed by atoms with Crippen molar-refractivity contribution in [1.82, 2.24) is 29.4 Å². The van der Waals surface area contributed by atoms with Crippen LogP contribution in [0.1, 0.15) is 0 Å². The molecule has 3 heterocycles. The first-order valence-electron chi connectivity index (χ1n) is 7.12. The lowest BCUT2D eigenvalue weighted by Crippen LogP contribution is -2.26. The maximum atomic E-state index is 12.3. The minimum Gasteiger partial charge on any atom is -0.480 e. The summed E-state index contributed by atoms with van der Waals surface area (Å²) in [5.41, 5.74) is 1.54. The molecular formula is C15H9ClN6O3. The third-order valence-electron chi connectivity index (χ3n) is 3.64. The molecule has 1 aromatic carbocycles. The van der Waals surface area contributed by atoms with Gasteiger partial charge in [0.05, 0.1) is 6.20 Å². The van der Waals surface area contributed by atoms with Gasteiger partial charge in [-0.15, -0.1) is 10.2 Å². The predicted molar refractivity (Wildman–Crippen MR) is 88.4 cm³/mol. The average molecular weight is 357 g/mol. The second kappa shape index (κ2) is 5.64. The first-order chi connectivity index (χ1) is 12.0. The highest BCUT2D eigenvalue weighted by atomic mass is 35.5. The second-order valence-electron chi connectivity index (χ2n) is 5.24. The van der Waals surface area contributed by atoms with Gasteiger partial charge in [0, 0.05) is 10.6 Å². The van der Waals surface area contributed by atoms with Crippen LogP contribution >= 0.6 is 11.6 Å². The molecule has 124 valence electrons. The molecule has 0 aliphatic rings. The zero-order chi connectivity index (χ0) is 17.6. The molecule has 4 rings (SSSR count). The number of carboxylic acid groups (broad SMARTS) is 1. The summed E-state index contributed by atoms with van der Waals surface area (Å²) in [4.78, 5) is 27.2. The number of nitrogens with zero attached hydrogens (tertiary/aromatic N) is 6. The highest BCUT2D eigenvalue weighted by Gasteiger charge is 2.16. The van der Waals surface area contributed by atoms with Crippen molar-refractivity contribution in [3.05, 3.63) is 52.2 Å². The van der Waals surface area contributed by atoms with Gasteiger partial charge < -0.3 is 5.11 Å². The predicted octanol–water partition coefficient (Wildman–Crippen LogP) is 1.24. The molecule has 0 spiro atoms. The second-order valence-corrected chi connectivity index (χ2v) is 5.68. The van der Waals surface area contributed by atoms with E-state index in [2.05, 4.69) is 20.3 Å². The van der Waals surface area contributed by atoms with E-state index in [0.29, 0.717) is 16.2 Å². The van der Waals surface area contributed by atoms with Crippen LogP contribution in [0.2, 0.25) is 5.02 Å². The van der Waals surface area contributed by atoms with Gasteiger partial charge in [-0.25, -0.2) is 4.98 Å². The van der Waals surface area contributed by atoms with E-state index in [4.69, 9.17) is 16.7 Å². The number of benzene rings is 1. The molecule has 0 fully saturated rings. The molecule has 0 aliphatic carbocycles. The van der Waals surface area contributed by atoms with Gasteiger partial charge in [-0.1, -0.05) is 23.7 Å². The van der Waals surface area contributed by atoms with Crippen LogP contribution in [-0.4, -0.2) is 40.4 Å². The summed E-state index contributed by atoms with van der Waals surface area (Å²) in [6, 6.07) is 7.14. The van der Waals surface area contributed by atoms with Gasteiger partial charge in [0.2, 0.25) is 0 Å². The maximum Gasteiger partial charge on any atom is 0.323 e. The molecule has 0 saturated heterocycles. The monoisotopic (exact) mass is 356 g/mol. The first-order valence-corrected chi connectivity index (χ1v) is 7.49. The van der Waals surface area contributed by atoms with Crippen molar-refractivity contribution < 1.29 is 9.90 Å². The van der Waals surface area contributed by atoms with Crippen LogP contribution in [-0.2, 0) is 11.3 Å². The van der Waals surface area contributed by atoms with Gasteiger partial charge in [0.25, 0.3) is 5.56 Å². The molecule has 9 nitrogen and oxygen atoms in total. The van der Waals surface area contributed by atoms with Crippen molar-refractivity contribution in [2.24, 2.45) is 0 Å². The lowest BCUT2D eigenvalue weighted by atomic mass is 10.1. The Bertz CT molecular complexity index is 1180. The number of carbonyl (C=O) groups is 1. The number of hydrogen-bond donors (Lipinski definition) is 1. The number of aliphatic carboxylic acids is 1. The van der Waals surface area contributed by atoms with E-state index in [1.54, 1.807) is 18.3 Å². The van der Waals surface area contributed by atoms with Gasteiger partial charge in [-0.05, 0) is 17.7 Å². The number of aromatic nitrogens is 6. The Hall–Kier alpha value is -3.33. The molecule has 0 radical (unpaired) electrons. The quantitative estimate of drug-likeness (QED) is 0.587. The molecule has 1 N–H and O–H groups in total. The van der Waals surface area contributed by atoms with Crippen LogP contribution in [0.25, 0.3) is 27.9 Å². The van der Waals surface area contributed by atoms with E-state index in [-0.39, 0.29) is 11.2 Å². The van der Waals surface area contributed by atoms with E-state index < -0.39 is 18.1 Å².